The van der Waals surface area contributed by atoms with Gasteiger partial charge in [-0.05, 0) is 42.5 Å². The van der Waals surface area contributed by atoms with Gasteiger partial charge < -0.3 is 10.6 Å². The zero-order chi connectivity index (χ0) is 16.1. The fraction of sp³-hybridized carbons (Fsp3) is 0.250. The summed E-state index contributed by atoms with van der Waals surface area (Å²) in [6.45, 7) is 4.13. The molecule has 0 bridgehead atoms. The van der Waals surface area contributed by atoms with Crippen LogP contribution in [0.5, 0.6) is 0 Å². The Labute approximate surface area is 138 Å². The third kappa shape index (κ3) is 4.32. The largest absolute Gasteiger partial charge is 0.351 e. The minimum Gasteiger partial charge on any atom is -0.351 e. The SMILES string of the molecule is Cc1cc(C)c(NC(=O)CCNC(=O)c2cccs2)c(Cl)c1. The first-order valence-corrected chi connectivity index (χ1v) is 8.11. The van der Waals surface area contributed by atoms with Crippen LogP contribution in [0.25, 0.3) is 0 Å². The third-order valence-electron chi connectivity index (χ3n) is 3.08. The molecule has 2 N–H and O–H groups in total. The van der Waals surface area contributed by atoms with E-state index in [9.17, 15) is 9.59 Å². The van der Waals surface area contributed by atoms with E-state index in [1.54, 1.807) is 6.07 Å². The van der Waals surface area contributed by atoms with Crippen molar-refractivity contribution in [2.24, 2.45) is 0 Å². The van der Waals surface area contributed by atoms with E-state index in [0.717, 1.165) is 11.1 Å². The number of hydrogen-bond acceptors (Lipinski definition) is 3. The fourth-order valence-electron chi connectivity index (χ4n) is 2.06. The van der Waals surface area contributed by atoms with Crippen molar-refractivity contribution in [1.82, 2.24) is 5.32 Å². The van der Waals surface area contributed by atoms with Gasteiger partial charge in [0.15, 0.2) is 0 Å². The van der Waals surface area contributed by atoms with Crippen molar-refractivity contribution in [3.8, 4) is 0 Å². The standard InChI is InChI=1S/C16H17ClN2O2S/c1-10-8-11(2)15(12(17)9-10)19-14(20)5-6-18-16(21)13-4-3-7-22-13/h3-4,7-9H,5-6H2,1-2H3,(H,18,21)(H,19,20). The molecule has 0 spiro atoms. The van der Waals surface area contributed by atoms with Gasteiger partial charge in [0.1, 0.15) is 0 Å². The molecule has 2 aromatic rings. The molecule has 0 radical (unpaired) electrons. The van der Waals surface area contributed by atoms with Crippen molar-refractivity contribution in [3.05, 3.63) is 50.7 Å². The molecule has 0 atom stereocenters. The van der Waals surface area contributed by atoms with E-state index < -0.39 is 0 Å². The number of hydrogen-bond donors (Lipinski definition) is 2. The number of aryl methyl sites for hydroxylation is 2. The molecular weight excluding hydrogens is 320 g/mol. The summed E-state index contributed by atoms with van der Waals surface area (Å²) >= 11 is 7.52. The predicted molar refractivity (Wildman–Crippen MR) is 90.8 cm³/mol. The van der Waals surface area contributed by atoms with Crippen LogP contribution in [-0.2, 0) is 4.79 Å². The van der Waals surface area contributed by atoms with Gasteiger partial charge >= 0.3 is 0 Å². The van der Waals surface area contributed by atoms with E-state index in [0.29, 0.717) is 15.6 Å². The highest BCUT2D eigenvalue weighted by molar-refractivity contribution is 7.12. The van der Waals surface area contributed by atoms with Crippen LogP contribution >= 0.6 is 22.9 Å². The zero-order valence-corrected chi connectivity index (χ0v) is 14.0. The average molecular weight is 337 g/mol. The summed E-state index contributed by atoms with van der Waals surface area (Å²) in [5.74, 6) is -0.340. The van der Waals surface area contributed by atoms with E-state index in [1.807, 2.05) is 37.4 Å². The average Bonchev–Trinajstić information content (AvgIpc) is 2.97. The molecule has 1 aromatic carbocycles. The van der Waals surface area contributed by atoms with E-state index in [2.05, 4.69) is 10.6 Å². The van der Waals surface area contributed by atoms with Gasteiger partial charge in [-0.25, -0.2) is 0 Å². The second kappa shape index (κ2) is 7.42. The molecule has 0 fully saturated rings. The van der Waals surface area contributed by atoms with Gasteiger partial charge in [-0.15, -0.1) is 11.3 Å². The van der Waals surface area contributed by atoms with Gasteiger partial charge in [-0.1, -0.05) is 23.7 Å². The monoisotopic (exact) mass is 336 g/mol. The maximum Gasteiger partial charge on any atom is 0.261 e. The van der Waals surface area contributed by atoms with E-state index >= 15 is 0 Å². The number of nitrogens with one attached hydrogen (secondary N) is 2. The topological polar surface area (TPSA) is 58.2 Å². The summed E-state index contributed by atoms with van der Waals surface area (Å²) in [5.41, 5.74) is 2.59. The van der Waals surface area contributed by atoms with E-state index in [-0.39, 0.29) is 24.8 Å². The van der Waals surface area contributed by atoms with E-state index in [4.69, 9.17) is 11.6 Å². The van der Waals surface area contributed by atoms with E-state index in [1.165, 1.54) is 11.3 Å². The summed E-state index contributed by atoms with van der Waals surface area (Å²) in [6, 6.07) is 7.33. The maximum absolute atomic E-state index is 12.0. The minimum atomic E-state index is -0.180. The van der Waals surface area contributed by atoms with Crippen LogP contribution in [0, 0.1) is 13.8 Å². The molecular formula is C16H17ClN2O2S. The molecule has 1 aromatic heterocycles. The van der Waals surface area contributed by atoms with Crippen molar-refractivity contribution >= 4 is 40.4 Å². The molecule has 0 saturated heterocycles. The molecule has 6 heteroatoms. The molecule has 2 rings (SSSR count). The van der Waals surface area contributed by atoms with Crippen LogP contribution in [0.2, 0.25) is 5.02 Å². The zero-order valence-electron chi connectivity index (χ0n) is 12.4. The highest BCUT2D eigenvalue weighted by Crippen LogP contribution is 2.27. The Hall–Kier alpha value is -1.85. The number of anilines is 1. The van der Waals surface area contributed by atoms with Gasteiger partial charge in [-0.2, -0.15) is 0 Å². The van der Waals surface area contributed by atoms with Crippen molar-refractivity contribution in [1.29, 1.82) is 0 Å². The summed E-state index contributed by atoms with van der Waals surface area (Å²) in [4.78, 5) is 24.3. The van der Waals surface area contributed by atoms with Crippen LogP contribution in [0.4, 0.5) is 5.69 Å². The highest BCUT2D eigenvalue weighted by atomic mass is 35.5. The second-order valence-electron chi connectivity index (χ2n) is 4.97. The molecule has 4 nitrogen and oxygen atoms in total. The lowest BCUT2D eigenvalue weighted by molar-refractivity contribution is -0.116. The number of carbonyl (C=O) groups excluding carboxylic acids is 2. The number of halogens is 1. The molecule has 0 aliphatic rings. The van der Waals surface area contributed by atoms with Crippen molar-refractivity contribution in [3.63, 3.8) is 0 Å². The molecule has 1 heterocycles. The first-order chi connectivity index (χ1) is 10.5. The Morgan fingerprint density at radius 1 is 1.27 bits per heavy atom. The summed E-state index contributed by atoms with van der Waals surface area (Å²) in [7, 11) is 0. The summed E-state index contributed by atoms with van der Waals surface area (Å²) in [5, 5.41) is 7.87. The fourth-order valence-corrected chi connectivity index (χ4v) is 3.07. The Morgan fingerprint density at radius 3 is 2.68 bits per heavy atom. The molecule has 0 unspecified atom stereocenters. The van der Waals surface area contributed by atoms with Crippen molar-refractivity contribution < 1.29 is 9.59 Å². The van der Waals surface area contributed by atoms with Crippen molar-refractivity contribution in [2.75, 3.05) is 11.9 Å². The molecule has 0 aliphatic carbocycles. The van der Waals surface area contributed by atoms with Gasteiger partial charge in [0, 0.05) is 13.0 Å². The lowest BCUT2D eigenvalue weighted by Gasteiger charge is -2.11. The molecule has 116 valence electrons. The van der Waals surface area contributed by atoms with Crippen LogP contribution in [0.1, 0.15) is 27.2 Å². The molecule has 0 aliphatic heterocycles. The van der Waals surface area contributed by atoms with Crippen LogP contribution in [-0.4, -0.2) is 18.4 Å². The second-order valence-corrected chi connectivity index (χ2v) is 6.32. The van der Waals surface area contributed by atoms with Crippen LogP contribution in [0.15, 0.2) is 29.6 Å². The molecule has 2 amide bonds. The Morgan fingerprint density at radius 2 is 2.05 bits per heavy atom. The smallest absolute Gasteiger partial charge is 0.261 e. The maximum atomic E-state index is 12.0. The normalized spacial score (nSPS) is 10.3. The predicted octanol–water partition coefficient (Wildman–Crippen LogP) is 3.78. The first kappa shape index (κ1) is 16.5. The van der Waals surface area contributed by atoms with Gasteiger partial charge in [0.05, 0.1) is 15.6 Å². The minimum absolute atomic E-state index is 0.160. The van der Waals surface area contributed by atoms with Crippen molar-refractivity contribution in [2.45, 2.75) is 20.3 Å². The molecule has 0 saturated carbocycles. The quantitative estimate of drug-likeness (QED) is 0.873. The molecule has 22 heavy (non-hydrogen) atoms. The summed E-state index contributed by atoms with van der Waals surface area (Å²) in [6.07, 6.45) is 0.195. The highest BCUT2D eigenvalue weighted by Gasteiger charge is 2.11. The van der Waals surface area contributed by atoms with Crippen LogP contribution in [0.3, 0.4) is 0 Å². The number of amides is 2. The van der Waals surface area contributed by atoms with Gasteiger partial charge in [0.2, 0.25) is 5.91 Å². The Kier molecular flexibility index (Phi) is 5.57. The Bertz CT molecular complexity index is 660. The Balaban J connectivity index is 1.85. The lowest BCUT2D eigenvalue weighted by atomic mass is 10.1. The first-order valence-electron chi connectivity index (χ1n) is 6.85. The van der Waals surface area contributed by atoms with Crippen LogP contribution < -0.4 is 10.6 Å². The number of benzene rings is 1. The summed E-state index contributed by atoms with van der Waals surface area (Å²) < 4.78 is 0. The van der Waals surface area contributed by atoms with Gasteiger partial charge in [-0.3, -0.25) is 9.59 Å². The number of thiophene rings is 1. The lowest BCUT2D eigenvalue weighted by Crippen LogP contribution is -2.27. The number of carbonyl (C=O) groups is 2. The number of rotatable bonds is 5. The van der Waals surface area contributed by atoms with Gasteiger partial charge in [0.25, 0.3) is 5.91 Å². The third-order valence-corrected chi connectivity index (χ3v) is 4.25.